The Morgan fingerprint density at radius 1 is 1.35 bits per heavy atom. The first kappa shape index (κ1) is 16.8. The Morgan fingerprint density at radius 2 is 2.05 bits per heavy atom. The van der Waals surface area contributed by atoms with Gasteiger partial charge >= 0.3 is 12.0 Å². The van der Waals surface area contributed by atoms with Crippen molar-refractivity contribution in [1.82, 2.24) is 10.2 Å². The number of urea groups is 1. The molecule has 0 saturated carbocycles. The first-order chi connectivity index (χ1) is 9.43. The van der Waals surface area contributed by atoms with Crippen molar-refractivity contribution in [3.63, 3.8) is 0 Å². The van der Waals surface area contributed by atoms with E-state index in [9.17, 15) is 9.59 Å². The highest BCUT2D eigenvalue weighted by molar-refractivity contribution is 5.77. The van der Waals surface area contributed by atoms with Crippen LogP contribution < -0.4 is 5.32 Å². The fourth-order valence-corrected chi connectivity index (χ4v) is 2.31. The van der Waals surface area contributed by atoms with Crippen molar-refractivity contribution in [3.8, 4) is 0 Å². The zero-order chi connectivity index (χ0) is 15.1. The molecule has 20 heavy (non-hydrogen) atoms. The van der Waals surface area contributed by atoms with E-state index in [0.717, 1.165) is 19.3 Å². The number of nitrogens with zero attached hydrogens (tertiary/aromatic N) is 1. The number of carbonyl (C=O) groups is 2. The second-order valence-electron chi connectivity index (χ2n) is 5.78. The van der Waals surface area contributed by atoms with E-state index < -0.39 is 11.9 Å². The van der Waals surface area contributed by atoms with E-state index in [4.69, 9.17) is 9.84 Å². The van der Waals surface area contributed by atoms with E-state index in [1.54, 1.807) is 7.05 Å². The maximum Gasteiger partial charge on any atom is 0.317 e. The summed E-state index contributed by atoms with van der Waals surface area (Å²) in [7, 11) is 1.62. The molecule has 6 heteroatoms. The van der Waals surface area contributed by atoms with E-state index in [0.29, 0.717) is 12.5 Å². The van der Waals surface area contributed by atoms with Crippen LogP contribution in [0.1, 0.15) is 33.1 Å². The number of amides is 2. The minimum atomic E-state index is -0.913. The molecule has 1 fully saturated rings. The lowest BCUT2D eigenvalue weighted by atomic mass is 10.0. The molecule has 6 nitrogen and oxygen atoms in total. The molecular formula is C14H26N2O4. The largest absolute Gasteiger partial charge is 0.481 e. The van der Waals surface area contributed by atoms with Crippen molar-refractivity contribution in [1.29, 1.82) is 0 Å². The summed E-state index contributed by atoms with van der Waals surface area (Å²) in [6, 6.07) is -0.612. The minimum Gasteiger partial charge on any atom is -0.481 e. The predicted octanol–water partition coefficient (Wildman–Crippen LogP) is 1.55. The number of hydrogen-bond donors (Lipinski definition) is 2. The number of likely N-dealkylation sites (N-methyl/N-ethyl adjacent to an activating group) is 1. The van der Waals surface area contributed by atoms with Gasteiger partial charge in [-0.15, -0.1) is 0 Å². The Kier molecular flexibility index (Phi) is 6.78. The second kappa shape index (κ2) is 8.09. The Bertz CT molecular complexity index is 333. The van der Waals surface area contributed by atoms with Crippen LogP contribution in [-0.2, 0) is 9.53 Å². The number of aliphatic carboxylic acids is 1. The van der Waals surface area contributed by atoms with Crippen LogP contribution in [0.5, 0.6) is 0 Å². The summed E-state index contributed by atoms with van der Waals surface area (Å²) in [5.74, 6) is -0.865. The fourth-order valence-electron chi connectivity index (χ4n) is 2.31. The Labute approximate surface area is 120 Å². The first-order valence-electron chi connectivity index (χ1n) is 7.24. The van der Waals surface area contributed by atoms with Crippen LogP contribution in [0.15, 0.2) is 0 Å². The third-order valence-electron chi connectivity index (χ3n) is 3.67. The standard InChI is InChI=1S/C14H26N2O4/c1-10(2)6-4-5-7-15-14(19)16(3)12-9-20-8-11(12)13(17)18/h10-12H,4-9H2,1-3H3,(H,15,19)(H,17,18). The van der Waals surface area contributed by atoms with Crippen molar-refractivity contribution >= 4 is 12.0 Å². The van der Waals surface area contributed by atoms with E-state index >= 15 is 0 Å². The van der Waals surface area contributed by atoms with Crippen molar-refractivity contribution in [2.24, 2.45) is 11.8 Å². The van der Waals surface area contributed by atoms with Crippen molar-refractivity contribution < 1.29 is 19.4 Å². The lowest BCUT2D eigenvalue weighted by Crippen LogP contribution is -2.48. The van der Waals surface area contributed by atoms with Crippen molar-refractivity contribution in [3.05, 3.63) is 0 Å². The molecule has 116 valence electrons. The van der Waals surface area contributed by atoms with Gasteiger partial charge in [-0.1, -0.05) is 26.7 Å². The molecule has 2 atom stereocenters. The number of carbonyl (C=O) groups excluding carboxylic acids is 1. The van der Waals surface area contributed by atoms with Crippen molar-refractivity contribution in [2.45, 2.75) is 39.2 Å². The fraction of sp³-hybridized carbons (Fsp3) is 0.857. The summed E-state index contributed by atoms with van der Waals surface area (Å²) in [6.07, 6.45) is 3.19. The molecule has 0 bridgehead atoms. The van der Waals surface area contributed by atoms with Gasteiger partial charge in [-0.25, -0.2) is 4.79 Å². The number of rotatable bonds is 7. The molecule has 2 amide bonds. The summed E-state index contributed by atoms with van der Waals surface area (Å²) < 4.78 is 5.17. The Morgan fingerprint density at radius 3 is 2.65 bits per heavy atom. The molecule has 2 N–H and O–H groups in total. The van der Waals surface area contributed by atoms with E-state index in [1.807, 2.05) is 0 Å². The molecule has 2 unspecified atom stereocenters. The molecule has 1 saturated heterocycles. The summed E-state index contributed by atoms with van der Waals surface area (Å²) >= 11 is 0. The molecule has 0 aromatic carbocycles. The van der Waals surface area contributed by atoms with Gasteiger partial charge in [0.25, 0.3) is 0 Å². The molecule has 0 spiro atoms. The van der Waals surface area contributed by atoms with Crippen LogP contribution in [0.2, 0.25) is 0 Å². The van der Waals surface area contributed by atoms with Crippen LogP contribution in [-0.4, -0.2) is 54.9 Å². The van der Waals surface area contributed by atoms with Gasteiger partial charge in [0.15, 0.2) is 0 Å². The number of hydrogen-bond acceptors (Lipinski definition) is 3. The van der Waals surface area contributed by atoms with Crippen LogP contribution in [0, 0.1) is 11.8 Å². The van der Waals surface area contributed by atoms with E-state index in [-0.39, 0.29) is 25.3 Å². The predicted molar refractivity (Wildman–Crippen MR) is 75.6 cm³/mol. The molecule has 1 aliphatic heterocycles. The van der Waals surface area contributed by atoms with Gasteiger partial charge in [-0.05, 0) is 12.3 Å². The van der Waals surface area contributed by atoms with E-state index in [2.05, 4.69) is 19.2 Å². The summed E-state index contributed by atoms with van der Waals surface area (Å²) in [5, 5.41) is 11.9. The number of ether oxygens (including phenoxy) is 1. The lowest BCUT2D eigenvalue weighted by Gasteiger charge is -2.26. The molecule has 0 aromatic rings. The van der Waals surface area contributed by atoms with Gasteiger partial charge < -0.3 is 20.1 Å². The maximum absolute atomic E-state index is 12.0. The Hall–Kier alpha value is -1.30. The number of carboxylic acids is 1. The SMILES string of the molecule is CC(C)CCCCNC(=O)N(C)C1COCC1C(=O)O. The monoisotopic (exact) mass is 286 g/mol. The van der Waals surface area contributed by atoms with Crippen molar-refractivity contribution in [2.75, 3.05) is 26.8 Å². The van der Waals surface area contributed by atoms with Gasteiger partial charge in [0, 0.05) is 13.6 Å². The topological polar surface area (TPSA) is 78.9 Å². The average Bonchev–Trinajstić information content (AvgIpc) is 2.86. The minimum absolute atomic E-state index is 0.173. The van der Waals surface area contributed by atoms with Crippen LogP contribution in [0.25, 0.3) is 0 Å². The molecule has 1 heterocycles. The highest BCUT2D eigenvalue weighted by Crippen LogP contribution is 2.19. The molecule has 1 aliphatic rings. The average molecular weight is 286 g/mol. The summed E-state index contributed by atoms with van der Waals surface area (Å²) in [6.45, 7) is 5.44. The number of nitrogens with one attached hydrogen (secondary N) is 1. The van der Waals surface area contributed by atoms with Gasteiger partial charge in [0.1, 0.15) is 5.92 Å². The zero-order valence-electron chi connectivity index (χ0n) is 12.6. The van der Waals surface area contributed by atoms with Crippen LogP contribution >= 0.6 is 0 Å². The second-order valence-corrected chi connectivity index (χ2v) is 5.78. The Balaban J connectivity index is 2.30. The molecule has 1 rings (SSSR count). The normalized spacial score (nSPS) is 22.0. The maximum atomic E-state index is 12.0. The smallest absolute Gasteiger partial charge is 0.317 e. The van der Waals surface area contributed by atoms with Gasteiger partial charge in [0.2, 0.25) is 0 Å². The van der Waals surface area contributed by atoms with Gasteiger partial charge in [-0.2, -0.15) is 0 Å². The summed E-state index contributed by atoms with van der Waals surface area (Å²) in [5.41, 5.74) is 0. The highest BCUT2D eigenvalue weighted by atomic mass is 16.5. The van der Waals surface area contributed by atoms with E-state index in [1.165, 1.54) is 4.90 Å². The lowest BCUT2D eigenvalue weighted by molar-refractivity contribution is -0.142. The number of unbranched alkanes of at least 4 members (excludes halogenated alkanes) is 1. The van der Waals surface area contributed by atoms with Gasteiger partial charge in [-0.3, -0.25) is 4.79 Å². The highest BCUT2D eigenvalue weighted by Gasteiger charge is 2.38. The number of carboxylic acid groups (broad SMARTS) is 1. The summed E-state index contributed by atoms with van der Waals surface area (Å²) in [4.78, 5) is 24.5. The van der Waals surface area contributed by atoms with Crippen LogP contribution in [0.4, 0.5) is 4.79 Å². The quantitative estimate of drug-likeness (QED) is 0.696. The molecule has 0 radical (unpaired) electrons. The molecule has 0 aliphatic carbocycles. The van der Waals surface area contributed by atoms with Crippen LogP contribution in [0.3, 0.4) is 0 Å². The molecular weight excluding hydrogens is 260 g/mol. The molecule has 0 aromatic heterocycles. The third-order valence-corrected chi connectivity index (χ3v) is 3.67. The first-order valence-corrected chi connectivity index (χ1v) is 7.24. The zero-order valence-corrected chi connectivity index (χ0v) is 12.6. The third kappa shape index (κ3) is 5.00. The van der Waals surface area contributed by atoms with Gasteiger partial charge in [0.05, 0.1) is 19.3 Å².